The first-order valence-electron chi connectivity index (χ1n) is 4.58. The van der Waals surface area contributed by atoms with Crippen LogP contribution in [-0.2, 0) is 14.8 Å². The molecule has 0 bridgehead atoms. The van der Waals surface area contributed by atoms with Crippen molar-refractivity contribution in [3.05, 3.63) is 27.5 Å². The summed E-state index contributed by atoms with van der Waals surface area (Å²) in [6.07, 6.45) is 1.33. The molecule has 100 valence electrons. The zero-order valence-corrected chi connectivity index (χ0v) is 12.9. The van der Waals surface area contributed by atoms with Crippen LogP contribution in [0.4, 0.5) is 0 Å². The molecule has 0 aliphatic rings. The van der Waals surface area contributed by atoms with Crippen LogP contribution < -0.4 is 4.72 Å². The number of carboxylic acid groups (broad SMARTS) is 1. The fourth-order valence-electron chi connectivity index (χ4n) is 1.07. The molecule has 1 unspecified atom stereocenters. The van der Waals surface area contributed by atoms with E-state index in [1.54, 1.807) is 0 Å². The van der Waals surface area contributed by atoms with E-state index in [1.165, 1.54) is 12.1 Å². The lowest BCUT2D eigenvalue weighted by molar-refractivity contribution is -0.138. The zero-order chi connectivity index (χ0) is 13.9. The highest BCUT2D eigenvalue weighted by molar-refractivity contribution is 9.11. The van der Waals surface area contributed by atoms with Gasteiger partial charge in [0.1, 0.15) is 10.3 Å². The molecule has 2 N–H and O–H groups in total. The van der Waals surface area contributed by atoms with Crippen molar-refractivity contribution >= 4 is 54.9 Å². The van der Waals surface area contributed by atoms with Gasteiger partial charge in [0.15, 0.2) is 0 Å². The number of aliphatic carboxylic acids is 1. The average Bonchev–Trinajstić information content (AvgIpc) is 2.59. The number of nitrogens with one attached hydrogen (secondary N) is 1. The molecule has 0 aromatic carbocycles. The van der Waals surface area contributed by atoms with Gasteiger partial charge in [-0.05, 0) is 28.4 Å². The Labute approximate surface area is 122 Å². The Balaban J connectivity index is 3.00. The number of sulfonamides is 1. The molecule has 18 heavy (non-hydrogen) atoms. The fraction of sp³-hybridized carbons (Fsp3) is 0.222. The Morgan fingerprint density at radius 2 is 2.33 bits per heavy atom. The average molecular weight is 375 g/mol. The minimum atomic E-state index is -3.90. The van der Waals surface area contributed by atoms with Crippen LogP contribution in [0.25, 0.3) is 0 Å². The highest BCUT2D eigenvalue weighted by Gasteiger charge is 2.26. The predicted octanol–water partition coefficient (Wildman–Crippen LogP) is 2.47. The Bertz CT molecular complexity index is 550. The molecule has 1 aromatic rings. The third-order valence-electron chi connectivity index (χ3n) is 1.89. The molecule has 1 aromatic heterocycles. The molecule has 5 nitrogen and oxygen atoms in total. The van der Waals surface area contributed by atoms with Crippen molar-refractivity contribution in [2.45, 2.75) is 16.7 Å². The molecule has 1 atom stereocenters. The molecule has 0 fully saturated rings. The van der Waals surface area contributed by atoms with E-state index in [-0.39, 0.29) is 15.7 Å². The summed E-state index contributed by atoms with van der Waals surface area (Å²) in [6.45, 7) is 3.38. The standard InChI is InChI=1S/C9H9BrClNO4S2/c1-2-3-6(9(13)14)12-18(15,16)7-4-5(11)8(10)17-7/h2,4,6,12H,1,3H2,(H,13,14). The van der Waals surface area contributed by atoms with Crippen LogP contribution in [0, 0.1) is 0 Å². The van der Waals surface area contributed by atoms with Crippen LogP contribution in [0.3, 0.4) is 0 Å². The lowest BCUT2D eigenvalue weighted by Gasteiger charge is -2.11. The van der Waals surface area contributed by atoms with Crippen molar-refractivity contribution in [3.63, 3.8) is 0 Å². The smallest absolute Gasteiger partial charge is 0.322 e. The summed E-state index contributed by atoms with van der Waals surface area (Å²) in [6, 6.07) is 0.0120. The van der Waals surface area contributed by atoms with E-state index < -0.39 is 22.0 Å². The fourth-order valence-corrected chi connectivity index (χ4v) is 4.69. The quantitative estimate of drug-likeness (QED) is 0.749. The van der Waals surface area contributed by atoms with Crippen molar-refractivity contribution in [3.8, 4) is 0 Å². The van der Waals surface area contributed by atoms with E-state index in [0.717, 1.165) is 11.3 Å². The summed E-state index contributed by atoms with van der Waals surface area (Å²) in [5, 5.41) is 9.13. The third-order valence-corrected chi connectivity index (χ3v) is 6.31. The summed E-state index contributed by atoms with van der Waals surface area (Å²) >= 11 is 9.74. The van der Waals surface area contributed by atoms with Crippen LogP contribution in [-0.4, -0.2) is 25.5 Å². The molecule has 0 saturated carbocycles. The zero-order valence-electron chi connectivity index (χ0n) is 8.89. The molecule has 9 heteroatoms. The number of thiophene rings is 1. The lowest BCUT2D eigenvalue weighted by atomic mass is 10.2. The Morgan fingerprint density at radius 3 is 2.72 bits per heavy atom. The van der Waals surface area contributed by atoms with Gasteiger partial charge in [-0.25, -0.2) is 8.42 Å². The van der Waals surface area contributed by atoms with Gasteiger partial charge in [0.2, 0.25) is 0 Å². The van der Waals surface area contributed by atoms with Crippen LogP contribution in [0.1, 0.15) is 6.42 Å². The second-order valence-corrected chi connectivity index (χ2v) is 7.94. The minimum Gasteiger partial charge on any atom is -0.480 e. The first-order chi connectivity index (χ1) is 8.27. The van der Waals surface area contributed by atoms with Crippen molar-refractivity contribution in [2.24, 2.45) is 0 Å². The van der Waals surface area contributed by atoms with Crippen molar-refractivity contribution < 1.29 is 18.3 Å². The molecular formula is C9H9BrClNO4S2. The maximum Gasteiger partial charge on any atom is 0.322 e. The molecule has 0 radical (unpaired) electrons. The van der Waals surface area contributed by atoms with Crippen molar-refractivity contribution in [1.82, 2.24) is 4.72 Å². The SMILES string of the molecule is C=CCC(NS(=O)(=O)c1cc(Cl)c(Br)s1)C(=O)O. The van der Waals surface area contributed by atoms with Gasteiger partial charge in [0.25, 0.3) is 10.0 Å². The van der Waals surface area contributed by atoms with Crippen LogP contribution in [0.15, 0.2) is 26.7 Å². The Morgan fingerprint density at radius 1 is 1.72 bits per heavy atom. The molecule has 1 rings (SSSR count). The molecular weight excluding hydrogens is 366 g/mol. The van der Waals surface area contributed by atoms with Gasteiger partial charge in [-0.3, -0.25) is 4.79 Å². The van der Waals surface area contributed by atoms with E-state index >= 15 is 0 Å². The maximum absolute atomic E-state index is 11.9. The van der Waals surface area contributed by atoms with Gasteiger partial charge in [-0.2, -0.15) is 4.72 Å². The van der Waals surface area contributed by atoms with Crippen molar-refractivity contribution in [1.29, 1.82) is 0 Å². The molecule has 0 aliphatic heterocycles. The van der Waals surface area contributed by atoms with Gasteiger partial charge in [-0.15, -0.1) is 17.9 Å². The van der Waals surface area contributed by atoms with E-state index in [1.807, 2.05) is 0 Å². The molecule has 1 heterocycles. The number of hydrogen-bond acceptors (Lipinski definition) is 4. The van der Waals surface area contributed by atoms with Gasteiger partial charge in [-0.1, -0.05) is 17.7 Å². The van der Waals surface area contributed by atoms with E-state index in [2.05, 4.69) is 27.2 Å². The molecule has 0 spiro atoms. The Hall–Kier alpha value is -0.410. The number of rotatable bonds is 6. The second kappa shape index (κ2) is 6.16. The predicted molar refractivity (Wildman–Crippen MR) is 73.6 cm³/mol. The third kappa shape index (κ3) is 3.79. The van der Waals surface area contributed by atoms with E-state index in [9.17, 15) is 13.2 Å². The summed E-state index contributed by atoms with van der Waals surface area (Å²) in [7, 11) is -3.90. The van der Waals surface area contributed by atoms with Gasteiger partial charge in [0.05, 0.1) is 8.81 Å². The van der Waals surface area contributed by atoms with E-state index in [0.29, 0.717) is 3.79 Å². The summed E-state index contributed by atoms with van der Waals surface area (Å²) < 4.78 is 26.3. The van der Waals surface area contributed by atoms with E-state index in [4.69, 9.17) is 16.7 Å². The lowest BCUT2D eigenvalue weighted by Crippen LogP contribution is -2.40. The summed E-state index contributed by atoms with van der Waals surface area (Å²) in [4.78, 5) is 10.9. The van der Waals surface area contributed by atoms with Gasteiger partial charge in [0, 0.05) is 0 Å². The van der Waals surface area contributed by atoms with Crippen LogP contribution in [0.5, 0.6) is 0 Å². The van der Waals surface area contributed by atoms with Crippen LogP contribution in [0.2, 0.25) is 5.02 Å². The van der Waals surface area contributed by atoms with Gasteiger partial charge < -0.3 is 5.11 Å². The minimum absolute atomic E-state index is 0.00512. The maximum atomic E-state index is 11.9. The number of halogens is 2. The first kappa shape index (κ1) is 15.6. The Kier molecular flexibility index (Phi) is 5.35. The number of hydrogen-bond donors (Lipinski definition) is 2. The molecule has 0 aliphatic carbocycles. The highest BCUT2D eigenvalue weighted by Crippen LogP contribution is 2.34. The summed E-state index contributed by atoms with van der Waals surface area (Å²) in [5.74, 6) is -1.26. The van der Waals surface area contributed by atoms with Crippen molar-refractivity contribution in [2.75, 3.05) is 0 Å². The second-order valence-electron chi connectivity index (χ2n) is 3.22. The number of carboxylic acids is 1. The van der Waals surface area contributed by atoms with Crippen LogP contribution >= 0.6 is 38.9 Å². The topological polar surface area (TPSA) is 83.5 Å². The number of carbonyl (C=O) groups is 1. The summed E-state index contributed by atoms with van der Waals surface area (Å²) in [5.41, 5.74) is 0. The van der Waals surface area contributed by atoms with Gasteiger partial charge >= 0.3 is 5.97 Å². The normalized spacial score (nSPS) is 13.2. The monoisotopic (exact) mass is 373 g/mol. The molecule has 0 amide bonds. The highest BCUT2D eigenvalue weighted by atomic mass is 79.9. The largest absolute Gasteiger partial charge is 0.480 e. The first-order valence-corrected chi connectivity index (χ1v) is 8.06. The molecule has 0 saturated heterocycles.